The minimum absolute atomic E-state index is 0.107. The molecular weight excluding hydrogens is 464 g/mol. The minimum Gasteiger partial charge on any atom is -0.484 e. The van der Waals surface area contributed by atoms with Gasteiger partial charge in [0.05, 0.1) is 10.6 Å². The van der Waals surface area contributed by atoms with E-state index in [0.717, 1.165) is 0 Å². The maximum Gasteiger partial charge on any atom is 0.262 e. The lowest BCUT2D eigenvalue weighted by Gasteiger charge is -2.20. The van der Waals surface area contributed by atoms with Crippen molar-refractivity contribution < 1.29 is 22.7 Å². The molecule has 0 unspecified atom stereocenters. The zero-order chi connectivity index (χ0) is 24.1. The number of para-hydroxylation sites is 1. The fourth-order valence-electron chi connectivity index (χ4n) is 2.82. The topological polar surface area (TPSA) is 93.7 Å². The summed E-state index contributed by atoms with van der Waals surface area (Å²) in [5, 5.41) is 3.16. The molecule has 33 heavy (non-hydrogen) atoms. The van der Waals surface area contributed by atoms with Crippen LogP contribution in [0.5, 0.6) is 17.2 Å². The zero-order valence-electron chi connectivity index (χ0n) is 18.5. The molecule has 1 amide bonds. The van der Waals surface area contributed by atoms with Gasteiger partial charge in [-0.25, -0.2) is 13.1 Å². The molecule has 0 saturated carbocycles. The van der Waals surface area contributed by atoms with Crippen LogP contribution in [0, 0.1) is 0 Å². The molecule has 0 saturated heterocycles. The van der Waals surface area contributed by atoms with Crippen molar-refractivity contribution in [2.75, 3.05) is 11.9 Å². The van der Waals surface area contributed by atoms with Gasteiger partial charge in [0.1, 0.15) is 11.5 Å². The molecule has 0 bridgehead atoms. The van der Waals surface area contributed by atoms with Crippen LogP contribution in [0.25, 0.3) is 0 Å². The lowest BCUT2D eigenvalue weighted by Crippen LogP contribution is -2.40. The number of benzene rings is 3. The fourth-order valence-corrected chi connectivity index (χ4v) is 4.41. The number of carbonyl (C=O) groups is 1. The molecule has 3 aromatic carbocycles. The molecule has 0 aliphatic carbocycles. The van der Waals surface area contributed by atoms with Crippen LogP contribution < -0.4 is 19.5 Å². The van der Waals surface area contributed by atoms with Gasteiger partial charge in [0, 0.05) is 10.6 Å². The Morgan fingerprint density at radius 2 is 1.61 bits per heavy atom. The number of carbonyl (C=O) groups excluding carboxylic acids is 1. The second-order valence-corrected chi connectivity index (χ2v) is 10.3. The van der Waals surface area contributed by atoms with Crippen LogP contribution in [-0.2, 0) is 14.8 Å². The molecule has 0 radical (unpaired) electrons. The molecule has 3 rings (SSSR count). The quantitative estimate of drug-likeness (QED) is 0.453. The van der Waals surface area contributed by atoms with Gasteiger partial charge in [-0.05, 0) is 75.4 Å². The van der Waals surface area contributed by atoms with Crippen molar-refractivity contribution in [1.82, 2.24) is 4.72 Å². The third-order valence-electron chi connectivity index (χ3n) is 4.13. The van der Waals surface area contributed by atoms with Crippen LogP contribution in [0.1, 0.15) is 20.8 Å². The number of nitrogens with one attached hydrogen (secondary N) is 2. The number of sulfonamides is 1. The van der Waals surface area contributed by atoms with Gasteiger partial charge in [0.15, 0.2) is 12.4 Å². The predicted octanol–water partition coefficient (Wildman–Crippen LogP) is 5.23. The Kier molecular flexibility index (Phi) is 7.63. The van der Waals surface area contributed by atoms with Crippen molar-refractivity contribution in [2.45, 2.75) is 31.2 Å². The average Bonchev–Trinajstić information content (AvgIpc) is 2.74. The second kappa shape index (κ2) is 10.2. The molecule has 3 aromatic rings. The van der Waals surface area contributed by atoms with Crippen molar-refractivity contribution in [3.63, 3.8) is 0 Å². The van der Waals surface area contributed by atoms with Crippen molar-refractivity contribution in [1.29, 1.82) is 0 Å². The third kappa shape index (κ3) is 7.49. The second-order valence-electron chi connectivity index (χ2n) is 8.22. The Hall–Kier alpha value is -3.07. The van der Waals surface area contributed by atoms with Gasteiger partial charge in [-0.15, -0.1) is 0 Å². The van der Waals surface area contributed by atoms with Crippen LogP contribution >= 0.6 is 11.6 Å². The normalized spacial score (nSPS) is 11.6. The van der Waals surface area contributed by atoms with Crippen LogP contribution in [0.4, 0.5) is 5.69 Å². The van der Waals surface area contributed by atoms with E-state index in [1.165, 1.54) is 24.3 Å². The molecule has 0 aromatic heterocycles. The highest BCUT2D eigenvalue weighted by Gasteiger charge is 2.22. The van der Waals surface area contributed by atoms with Crippen molar-refractivity contribution in [3.05, 3.63) is 77.8 Å². The molecule has 7 nitrogen and oxygen atoms in total. The summed E-state index contributed by atoms with van der Waals surface area (Å²) < 4.78 is 38.7. The van der Waals surface area contributed by atoms with E-state index in [2.05, 4.69) is 10.0 Å². The molecule has 0 aliphatic rings. The van der Waals surface area contributed by atoms with Gasteiger partial charge in [-0.3, -0.25) is 4.79 Å². The summed E-state index contributed by atoms with van der Waals surface area (Å²) >= 11 is 6.08. The molecule has 0 heterocycles. The average molecular weight is 489 g/mol. The molecule has 2 N–H and O–H groups in total. The highest BCUT2D eigenvalue weighted by molar-refractivity contribution is 7.89. The van der Waals surface area contributed by atoms with Gasteiger partial charge >= 0.3 is 0 Å². The maximum absolute atomic E-state index is 12.4. The van der Waals surface area contributed by atoms with E-state index in [0.29, 0.717) is 28.0 Å². The van der Waals surface area contributed by atoms with Crippen LogP contribution in [0.15, 0.2) is 77.7 Å². The molecule has 174 valence electrons. The van der Waals surface area contributed by atoms with E-state index in [1.807, 2.05) is 18.2 Å². The van der Waals surface area contributed by atoms with Gasteiger partial charge in [0.25, 0.3) is 5.91 Å². The van der Waals surface area contributed by atoms with Crippen LogP contribution in [-0.4, -0.2) is 26.5 Å². The molecule has 0 fully saturated rings. The Bertz CT molecular complexity index is 1210. The summed E-state index contributed by atoms with van der Waals surface area (Å²) in [6, 6.07) is 19.9. The number of halogens is 1. The zero-order valence-corrected chi connectivity index (χ0v) is 20.0. The van der Waals surface area contributed by atoms with Gasteiger partial charge in [-0.1, -0.05) is 29.8 Å². The molecule has 0 spiro atoms. The largest absolute Gasteiger partial charge is 0.484 e. The monoisotopic (exact) mass is 488 g/mol. The summed E-state index contributed by atoms with van der Waals surface area (Å²) in [5.41, 5.74) is -0.204. The van der Waals surface area contributed by atoms with Crippen molar-refractivity contribution >= 4 is 33.2 Å². The summed E-state index contributed by atoms with van der Waals surface area (Å²) in [6.45, 7) is 4.99. The maximum atomic E-state index is 12.4. The highest BCUT2D eigenvalue weighted by Crippen LogP contribution is 2.32. The molecule has 0 atom stereocenters. The Balaban J connectivity index is 1.62. The molecule has 9 heteroatoms. The summed E-state index contributed by atoms with van der Waals surface area (Å²) in [5.74, 6) is 0.968. The third-order valence-corrected chi connectivity index (χ3v) is 6.14. The fraction of sp³-hybridized carbons (Fsp3) is 0.208. The number of amides is 1. The SMILES string of the molecule is CC(C)(C)NS(=O)(=O)c1ccc(OCC(=O)Nc2cc(Cl)ccc2Oc2ccccc2)cc1. The van der Waals surface area contributed by atoms with E-state index in [-0.39, 0.29) is 11.5 Å². The van der Waals surface area contributed by atoms with Gasteiger partial charge < -0.3 is 14.8 Å². The number of anilines is 1. The predicted molar refractivity (Wildman–Crippen MR) is 129 cm³/mol. The lowest BCUT2D eigenvalue weighted by molar-refractivity contribution is -0.118. The molecule has 0 aliphatic heterocycles. The first-order chi connectivity index (χ1) is 15.5. The number of hydrogen-bond acceptors (Lipinski definition) is 5. The van der Waals surface area contributed by atoms with E-state index in [9.17, 15) is 13.2 Å². The Labute approximate surface area is 198 Å². The highest BCUT2D eigenvalue weighted by atomic mass is 35.5. The summed E-state index contributed by atoms with van der Waals surface area (Å²) in [6.07, 6.45) is 0. The van der Waals surface area contributed by atoms with Gasteiger partial charge in [-0.2, -0.15) is 0 Å². The molecular formula is C24H25ClN2O5S. The van der Waals surface area contributed by atoms with Gasteiger partial charge in [0.2, 0.25) is 10.0 Å². The van der Waals surface area contributed by atoms with E-state index in [1.54, 1.807) is 51.1 Å². The van der Waals surface area contributed by atoms with E-state index < -0.39 is 21.5 Å². The summed E-state index contributed by atoms with van der Waals surface area (Å²) in [7, 11) is -3.65. The number of ether oxygens (including phenoxy) is 2. The van der Waals surface area contributed by atoms with Crippen molar-refractivity contribution in [2.24, 2.45) is 0 Å². The smallest absolute Gasteiger partial charge is 0.262 e. The van der Waals surface area contributed by atoms with E-state index in [4.69, 9.17) is 21.1 Å². The Morgan fingerprint density at radius 1 is 0.939 bits per heavy atom. The standard InChI is InChI=1S/C24H25ClN2O5S/c1-24(2,3)27-33(29,30)20-12-10-18(11-13-20)31-16-23(28)26-21-15-17(25)9-14-22(21)32-19-7-5-4-6-8-19/h4-15,27H,16H2,1-3H3,(H,26,28). The lowest BCUT2D eigenvalue weighted by atomic mass is 10.1. The Morgan fingerprint density at radius 3 is 2.24 bits per heavy atom. The van der Waals surface area contributed by atoms with Crippen LogP contribution in [0.2, 0.25) is 5.02 Å². The summed E-state index contributed by atoms with van der Waals surface area (Å²) in [4.78, 5) is 12.6. The first-order valence-corrected chi connectivity index (χ1v) is 12.0. The number of rotatable bonds is 8. The number of hydrogen-bond donors (Lipinski definition) is 2. The van der Waals surface area contributed by atoms with E-state index >= 15 is 0 Å². The van der Waals surface area contributed by atoms with Crippen molar-refractivity contribution in [3.8, 4) is 17.2 Å². The van der Waals surface area contributed by atoms with Crippen LogP contribution in [0.3, 0.4) is 0 Å². The first kappa shape index (κ1) is 24.6. The first-order valence-electron chi connectivity index (χ1n) is 10.1. The minimum atomic E-state index is -3.65.